The fourth-order valence-electron chi connectivity index (χ4n) is 3.33. The third-order valence-electron chi connectivity index (χ3n) is 4.78. The number of aryl methyl sites for hydroxylation is 1. The molecular formula is C20H22N6O3S. The number of sulfonamides is 1. The third kappa shape index (κ3) is 4.00. The number of benzene rings is 2. The molecule has 0 saturated heterocycles. The van der Waals surface area contributed by atoms with E-state index < -0.39 is 10.0 Å². The Morgan fingerprint density at radius 2 is 1.93 bits per heavy atom. The summed E-state index contributed by atoms with van der Waals surface area (Å²) in [5, 5.41) is 14.8. The summed E-state index contributed by atoms with van der Waals surface area (Å²) < 4.78 is 29.9. The Bertz CT molecular complexity index is 1210. The van der Waals surface area contributed by atoms with Crippen molar-refractivity contribution in [3.8, 4) is 5.75 Å². The normalized spacial score (nSPS) is 12.8. The van der Waals surface area contributed by atoms with E-state index in [1.54, 1.807) is 18.3 Å². The summed E-state index contributed by atoms with van der Waals surface area (Å²) in [5.74, 6) is 1.07. The number of ether oxygens (including phenoxy) is 1. The van der Waals surface area contributed by atoms with Crippen LogP contribution in [0.25, 0.3) is 0 Å². The summed E-state index contributed by atoms with van der Waals surface area (Å²) in [5.41, 5.74) is 4.04. The van der Waals surface area contributed by atoms with Crippen LogP contribution in [-0.4, -0.2) is 32.0 Å². The summed E-state index contributed by atoms with van der Waals surface area (Å²) >= 11 is 0. The first-order valence-electron chi connectivity index (χ1n) is 9.32. The molecule has 1 aliphatic rings. The smallest absolute Gasteiger partial charge is 0.243 e. The van der Waals surface area contributed by atoms with Crippen LogP contribution in [0.15, 0.2) is 47.5 Å². The minimum absolute atomic E-state index is 0.0668. The van der Waals surface area contributed by atoms with Gasteiger partial charge in [0.25, 0.3) is 0 Å². The second kappa shape index (κ2) is 7.81. The molecule has 10 heteroatoms. The maximum atomic E-state index is 12.2. The first-order chi connectivity index (χ1) is 14.3. The highest BCUT2D eigenvalue weighted by Gasteiger charge is 2.27. The molecule has 156 valence electrons. The lowest BCUT2D eigenvalue weighted by Crippen LogP contribution is -2.15. The Kier molecular flexibility index (Phi) is 5.18. The van der Waals surface area contributed by atoms with Crippen LogP contribution in [0, 0.1) is 6.92 Å². The lowest BCUT2D eigenvalue weighted by Gasteiger charge is -2.14. The molecule has 0 aliphatic carbocycles. The van der Waals surface area contributed by atoms with Gasteiger partial charge in [0.15, 0.2) is 0 Å². The highest BCUT2D eigenvalue weighted by atomic mass is 32.2. The number of primary sulfonamides is 1. The molecule has 0 radical (unpaired) electrons. The maximum absolute atomic E-state index is 12.2. The van der Waals surface area contributed by atoms with Gasteiger partial charge in [0.2, 0.25) is 16.0 Å². The Balaban J connectivity index is 1.63. The van der Waals surface area contributed by atoms with Gasteiger partial charge in [-0.25, -0.2) is 18.5 Å². The van der Waals surface area contributed by atoms with Gasteiger partial charge in [-0.2, -0.15) is 4.98 Å². The van der Waals surface area contributed by atoms with Crippen molar-refractivity contribution in [2.75, 3.05) is 29.6 Å². The first kappa shape index (κ1) is 19.9. The number of anilines is 5. The van der Waals surface area contributed by atoms with Crippen molar-refractivity contribution in [1.82, 2.24) is 9.97 Å². The van der Waals surface area contributed by atoms with E-state index in [1.807, 2.05) is 38.2 Å². The monoisotopic (exact) mass is 426 g/mol. The minimum Gasteiger partial charge on any atom is -0.491 e. The highest BCUT2D eigenvalue weighted by molar-refractivity contribution is 7.89. The fourth-order valence-corrected chi connectivity index (χ4v) is 4.20. The van der Waals surface area contributed by atoms with Crippen molar-refractivity contribution in [2.24, 2.45) is 5.14 Å². The zero-order valence-electron chi connectivity index (χ0n) is 16.6. The van der Waals surface area contributed by atoms with Gasteiger partial charge in [0, 0.05) is 31.0 Å². The maximum Gasteiger partial charge on any atom is 0.243 e. The minimum atomic E-state index is -4.00. The van der Waals surface area contributed by atoms with Gasteiger partial charge in [-0.15, -0.1) is 0 Å². The Hall–Kier alpha value is -3.37. The van der Waals surface area contributed by atoms with E-state index in [0.29, 0.717) is 36.2 Å². The molecule has 5 N–H and O–H groups in total. The molecule has 0 spiro atoms. The molecule has 0 atom stereocenters. The molecule has 0 unspecified atom stereocenters. The van der Waals surface area contributed by atoms with Gasteiger partial charge < -0.3 is 20.7 Å². The quantitative estimate of drug-likeness (QED) is 0.473. The summed E-state index contributed by atoms with van der Waals surface area (Å²) in [4.78, 5) is 8.59. The number of rotatable bonds is 6. The average molecular weight is 427 g/mol. The van der Waals surface area contributed by atoms with E-state index in [-0.39, 0.29) is 4.90 Å². The van der Waals surface area contributed by atoms with Crippen molar-refractivity contribution in [1.29, 1.82) is 0 Å². The van der Waals surface area contributed by atoms with Gasteiger partial charge in [0.1, 0.15) is 16.5 Å². The van der Waals surface area contributed by atoms with Crippen LogP contribution < -0.4 is 25.8 Å². The molecule has 0 bridgehead atoms. The van der Waals surface area contributed by atoms with Gasteiger partial charge in [-0.1, -0.05) is 12.1 Å². The molecular weight excluding hydrogens is 404 g/mol. The van der Waals surface area contributed by atoms with Crippen LogP contribution in [0.5, 0.6) is 5.75 Å². The second-order valence-corrected chi connectivity index (χ2v) is 8.37. The van der Waals surface area contributed by atoms with Crippen molar-refractivity contribution < 1.29 is 13.2 Å². The van der Waals surface area contributed by atoms with Crippen LogP contribution in [0.2, 0.25) is 0 Å². The first-order valence-corrected chi connectivity index (χ1v) is 10.9. The predicted octanol–water partition coefficient (Wildman–Crippen LogP) is 2.90. The summed E-state index contributed by atoms with van der Waals surface area (Å²) in [6.07, 6.45) is 2.22. The predicted molar refractivity (Wildman–Crippen MR) is 116 cm³/mol. The number of nitrogens with one attached hydrogen (secondary N) is 3. The number of aromatic nitrogens is 2. The van der Waals surface area contributed by atoms with Crippen molar-refractivity contribution in [3.05, 3.63) is 53.7 Å². The van der Waals surface area contributed by atoms with E-state index in [2.05, 4.69) is 25.9 Å². The number of fused-ring (bicyclic) bond motifs is 1. The number of hydrogen-bond donors (Lipinski definition) is 4. The summed E-state index contributed by atoms with van der Waals surface area (Å²) in [6.45, 7) is 2.44. The average Bonchev–Trinajstić information content (AvgIpc) is 3.17. The fraction of sp³-hybridized carbons (Fsp3) is 0.200. The molecule has 0 fully saturated rings. The Morgan fingerprint density at radius 3 is 2.70 bits per heavy atom. The molecule has 30 heavy (non-hydrogen) atoms. The molecule has 1 aliphatic heterocycles. The second-order valence-electron chi connectivity index (χ2n) is 6.87. The van der Waals surface area contributed by atoms with Gasteiger partial charge in [-0.05, 0) is 42.3 Å². The Labute approximate surface area is 174 Å². The molecule has 2 heterocycles. The number of nitrogens with zero attached hydrogens (tertiary/aromatic N) is 2. The van der Waals surface area contributed by atoms with Crippen molar-refractivity contribution in [2.45, 2.75) is 18.2 Å². The lowest BCUT2D eigenvalue weighted by atomic mass is 10.1. The van der Waals surface area contributed by atoms with Gasteiger partial charge in [-0.3, -0.25) is 0 Å². The molecule has 4 rings (SSSR count). The molecule has 0 amide bonds. The van der Waals surface area contributed by atoms with Gasteiger partial charge in [0.05, 0.1) is 12.3 Å². The molecule has 1 aromatic heterocycles. The standard InChI is InChI=1S/C20H22N6O3S/c1-12-3-5-14(11-16(12)22-2)24-20-23-9-7-17(26-20)25-15-6-4-13-8-10-29-18(13)19(15)30(21,27)28/h3-7,9,11,22H,8,10H2,1-2H3,(H2,21,27,28)(H2,23,24,25,26). The third-order valence-corrected chi connectivity index (χ3v) is 5.75. The van der Waals surface area contributed by atoms with E-state index in [0.717, 1.165) is 22.5 Å². The molecule has 2 aromatic carbocycles. The summed E-state index contributed by atoms with van der Waals surface area (Å²) in [7, 11) is -2.15. The molecule has 3 aromatic rings. The van der Waals surface area contributed by atoms with Crippen LogP contribution in [0.1, 0.15) is 11.1 Å². The van der Waals surface area contributed by atoms with Crippen LogP contribution in [0.3, 0.4) is 0 Å². The lowest BCUT2D eigenvalue weighted by molar-refractivity contribution is 0.349. The van der Waals surface area contributed by atoms with E-state index in [9.17, 15) is 8.42 Å². The zero-order chi connectivity index (χ0) is 21.3. The topological polar surface area (TPSA) is 131 Å². The van der Waals surface area contributed by atoms with Crippen molar-refractivity contribution >= 4 is 38.9 Å². The van der Waals surface area contributed by atoms with Crippen molar-refractivity contribution in [3.63, 3.8) is 0 Å². The summed E-state index contributed by atoms with van der Waals surface area (Å²) in [6, 6.07) is 11.0. The van der Waals surface area contributed by atoms with E-state index in [1.165, 1.54) is 0 Å². The zero-order valence-corrected chi connectivity index (χ0v) is 17.4. The molecule has 9 nitrogen and oxygen atoms in total. The van der Waals surface area contributed by atoms with Crippen LogP contribution in [-0.2, 0) is 16.4 Å². The SMILES string of the molecule is CNc1cc(Nc2nccc(Nc3ccc4c(c3S(N)(=O)=O)OCC4)n2)ccc1C. The number of nitrogens with two attached hydrogens (primary N) is 1. The van der Waals surface area contributed by atoms with Gasteiger partial charge >= 0.3 is 0 Å². The highest BCUT2D eigenvalue weighted by Crippen LogP contribution is 2.38. The van der Waals surface area contributed by atoms with Crippen LogP contribution >= 0.6 is 0 Å². The molecule has 0 saturated carbocycles. The van der Waals surface area contributed by atoms with Crippen LogP contribution in [0.4, 0.5) is 28.8 Å². The van der Waals surface area contributed by atoms with E-state index in [4.69, 9.17) is 9.88 Å². The number of hydrogen-bond acceptors (Lipinski definition) is 8. The van der Waals surface area contributed by atoms with E-state index >= 15 is 0 Å². The Morgan fingerprint density at radius 1 is 1.10 bits per heavy atom. The largest absolute Gasteiger partial charge is 0.491 e.